The van der Waals surface area contributed by atoms with Crippen molar-refractivity contribution in [3.05, 3.63) is 76.1 Å². The molecule has 0 spiro atoms. The molecular weight excluding hydrogens is 470 g/mol. The highest BCUT2D eigenvalue weighted by molar-refractivity contribution is 7.11. The number of nitrogens with zero attached hydrogens (tertiary/aromatic N) is 1. The summed E-state index contributed by atoms with van der Waals surface area (Å²) in [5, 5.41) is 16.1. The monoisotopic (exact) mass is 493 g/mol. The minimum Gasteiger partial charge on any atom is -0.497 e. The second kappa shape index (κ2) is 11.6. The summed E-state index contributed by atoms with van der Waals surface area (Å²) >= 11 is 1.44. The average Bonchev–Trinajstić information content (AvgIpc) is 3.31. The van der Waals surface area contributed by atoms with Crippen LogP contribution in [0, 0.1) is 0 Å². The van der Waals surface area contributed by atoms with Crippen LogP contribution in [0.4, 0.5) is 10.5 Å². The zero-order chi connectivity index (χ0) is 25.4. The summed E-state index contributed by atoms with van der Waals surface area (Å²) in [5.74, 6) is -0.886. The Hall–Kier alpha value is -4.44. The lowest BCUT2D eigenvalue weighted by Gasteiger charge is -2.16. The number of ether oxygens (including phenoxy) is 1. The molecule has 3 N–H and O–H groups in total. The number of urea groups is 1. The summed E-state index contributed by atoms with van der Waals surface area (Å²) in [5.41, 5.74) is 2.96. The number of amides is 4. The number of anilines is 1. The van der Waals surface area contributed by atoms with Crippen molar-refractivity contribution < 1.29 is 29.0 Å². The number of hydrogen-bond acceptors (Lipinski definition) is 6. The van der Waals surface area contributed by atoms with Crippen molar-refractivity contribution in [3.8, 4) is 16.9 Å². The van der Waals surface area contributed by atoms with Crippen LogP contribution in [0.1, 0.15) is 22.2 Å². The van der Waals surface area contributed by atoms with Crippen molar-refractivity contribution in [2.45, 2.75) is 6.92 Å². The Balaban J connectivity index is 1.58. The molecule has 1 aromatic heterocycles. The van der Waals surface area contributed by atoms with Gasteiger partial charge in [0.05, 0.1) is 12.7 Å². The average molecular weight is 494 g/mol. The van der Waals surface area contributed by atoms with Gasteiger partial charge in [-0.05, 0) is 72.0 Å². The van der Waals surface area contributed by atoms with Crippen LogP contribution < -0.4 is 15.4 Å². The maximum absolute atomic E-state index is 12.5. The third-order valence-electron chi connectivity index (χ3n) is 4.82. The van der Waals surface area contributed by atoms with E-state index in [9.17, 15) is 19.2 Å². The lowest BCUT2D eigenvalue weighted by atomic mass is 10.1. The van der Waals surface area contributed by atoms with Crippen LogP contribution in [0.25, 0.3) is 17.2 Å². The van der Waals surface area contributed by atoms with Gasteiger partial charge in [-0.1, -0.05) is 12.1 Å². The van der Waals surface area contributed by atoms with Crippen LogP contribution in [0.5, 0.6) is 5.75 Å². The summed E-state index contributed by atoms with van der Waals surface area (Å²) in [4.78, 5) is 48.7. The van der Waals surface area contributed by atoms with Gasteiger partial charge in [0.2, 0.25) is 12.3 Å². The molecule has 0 aliphatic heterocycles. The van der Waals surface area contributed by atoms with Crippen molar-refractivity contribution in [2.75, 3.05) is 19.0 Å². The van der Waals surface area contributed by atoms with Crippen LogP contribution in [0.2, 0.25) is 0 Å². The molecule has 180 valence electrons. The fourth-order valence-electron chi connectivity index (χ4n) is 3.06. The van der Waals surface area contributed by atoms with E-state index in [2.05, 4.69) is 10.6 Å². The van der Waals surface area contributed by atoms with Crippen LogP contribution >= 0.6 is 11.3 Å². The predicted octanol–water partition coefficient (Wildman–Crippen LogP) is 4.29. The van der Waals surface area contributed by atoms with Gasteiger partial charge in [-0.2, -0.15) is 0 Å². The van der Waals surface area contributed by atoms with E-state index in [1.165, 1.54) is 30.6 Å². The highest BCUT2D eigenvalue weighted by atomic mass is 32.1. The number of carbonyl (C=O) groups excluding carboxylic acids is 3. The van der Waals surface area contributed by atoms with Gasteiger partial charge in [-0.3, -0.25) is 14.5 Å². The fourth-order valence-corrected chi connectivity index (χ4v) is 3.97. The van der Waals surface area contributed by atoms with E-state index in [0.717, 1.165) is 20.9 Å². The van der Waals surface area contributed by atoms with Crippen molar-refractivity contribution in [3.63, 3.8) is 0 Å². The number of methoxy groups -OCH3 is 1. The molecule has 2 aromatic carbocycles. The van der Waals surface area contributed by atoms with Gasteiger partial charge in [-0.25, -0.2) is 9.59 Å². The van der Waals surface area contributed by atoms with Gasteiger partial charge in [0.1, 0.15) is 12.3 Å². The molecule has 0 atom stereocenters. The van der Waals surface area contributed by atoms with Crippen LogP contribution in [-0.4, -0.2) is 48.0 Å². The number of thiophene rings is 1. The standard InChI is InChI=1S/C25H23N3O6S/c1-16(11-22-12-19(14-35-22)17-3-5-18(6-4-17)24(31)32)26-25(33)28(15-29)13-23(30)27-20-7-9-21(34-2)10-8-20/h3-12,14-15H,13H2,1-2H3,(H,26,33)(H,27,30)(H,31,32)/b16-11-. The fraction of sp³-hybridized carbons (Fsp3) is 0.120. The van der Waals surface area contributed by atoms with E-state index in [-0.39, 0.29) is 5.56 Å². The Morgan fingerprint density at radius 2 is 1.74 bits per heavy atom. The van der Waals surface area contributed by atoms with Gasteiger partial charge < -0.3 is 20.5 Å². The summed E-state index contributed by atoms with van der Waals surface area (Å²) in [7, 11) is 1.53. The first-order chi connectivity index (χ1) is 16.8. The molecule has 3 aromatic rings. The van der Waals surface area contributed by atoms with E-state index < -0.39 is 24.5 Å². The third-order valence-corrected chi connectivity index (χ3v) is 5.70. The van der Waals surface area contributed by atoms with E-state index >= 15 is 0 Å². The summed E-state index contributed by atoms with van der Waals surface area (Å²) in [6, 6.07) is 14.3. The second-order valence-corrected chi connectivity index (χ2v) is 8.33. The number of imide groups is 1. The van der Waals surface area contributed by atoms with Gasteiger partial charge in [0, 0.05) is 16.3 Å². The number of rotatable bonds is 9. The quantitative estimate of drug-likeness (QED) is 0.382. The van der Waals surface area contributed by atoms with E-state index in [1.807, 2.05) is 11.4 Å². The molecule has 10 heteroatoms. The Morgan fingerprint density at radius 1 is 1.06 bits per heavy atom. The molecule has 0 saturated carbocycles. The zero-order valence-corrected chi connectivity index (χ0v) is 19.8. The molecule has 4 amide bonds. The first-order valence-electron chi connectivity index (χ1n) is 10.4. The number of nitrogens with one attached hydrogen (secondary N) is 2. The van der Waals surface area contributed by atoms with Crippen molar-refractivity contribution >= 4 is 47.4 Å². The molecule has 0 fully saturated rings. The smallest absolute Gasteiger partial charge is 0.335 e. The molecule has 1 heterocycles. The number of carboxylic acids is 1. The van der Waals surface area contributed by atoms with Crippen LogP contribution in [-0.2, 0) is 9.59 Å². The number of allylic oxidation sites excluding steroid dienone is 1. The van der Waals surface area contributed by atoms with E-state index in [0.29, 0.717) is 23.5 Å². The van der Waals surface area contributed by atoms with Crippen LogP contribution in [0.3, 0.4) is 0 Å². The predicted molar refractivity (Wildman–Crippen MR) is 133 cm³/mol. The Bertz CT molecular complexity index is 1250. The Kier molecular flexibility index (Phi) is 8.36. The van der Waals surface area contributed by atoms with E-state index in [1.54, 1.807) is 49.4 Å². The molecule has 0 unspecified atom stereocenters. The maximum Gasteiger partial charge on any atom is 0.335 e. The van der Waals surface area contributed by atoms with E-state index in [4.69, 9.17) is 9.84 Å². The molecule has 0 saturated heterocycles. The first kappa shape index (κ1) is 25.2. The molecule has 0 aliphatic rings. The minimum atomic E-state index is -0.987. The van der Waals surface area contributed by atoms with Gasteiger partial charge in [0.25, 0.3) is 0 Å². The maximum atomic E-state index is 12.5. The minimum absolute atomic E-state index is 0.208. The molecule has 0 radical (unpaired) electrons. The molecule has 0 aliphatic carbocycles. The lowest BCUT2D eigenvalue weighted by molar-refractivity contribution is -0.123. The van der Waals surface area contributed by atoms with Crippen molar-refractivity contribution in [2.24, 2.45) is 0 Å². The molecule has 0 bridgehead atoms. The number of aromatic carboxylic acids is 1. The normalized spacial score (nSPS) is 10.9. The summed E-state index contributed by atoms with van der Waals surface area (Å²) in [6.07, 6.45) is 2.03. The highest BCUT2D eigenvalue weighted by Crippen LogP contribution is 2.27. The largest absolute Gasteiger partial charge is 0.497 e. The first-order valence-corrected chi connectivity index (χ1v) is 11.2. The van der Waals surface area contributed by atoms with Gasteiger partial charge in [0.15, 0.2) is 0 Å². The second-order valence-electron chi connectivity index (χ2n) is 7.39. The topological polar surface area (TPSA) is 125 Å². The Morgan fingerprint density at radius 3 is 2.34 bits per heavy atom. The third kappa shape index (κ3) is 7.02. The molecule has 3 rings (SSSR count). The van der Waals surface area contributed by atoms with Gasteiger partial charge in [-0.15, -0.1) is 11.3 Å². The SMILES string of the molecule is COc1ccc(NC(=O)CN(C=O)C(=O)N/C(C)=C\c2cc(-c3ccc(C(=O)O)cc3)cs2)cc1. The van der Waals surface area contributed by atoms with Crippen molar-refractivity contribution in [1.82, 2.24) is 10.2 Å². The Labute approximate surface area is 205 Å². The van der Waals surface area contributed by atoms with Gasteiger partial charge >= 0.3 is 12.0 Å². The summed E-state index contributed by atoms with van der Waals surface area (Å²) in [6.45, 7) is 1.21. The zero-order valence-electron chi connectivity index (χ0n) is 19.0. The highest BCUT2D eigenvalue weighted by Gasteiger charge is 2.17. The lowest BCUT2D eigenvalue weighted by Crippen LogP contribution is -2.42. The number of carboxylic acid groups (broad SMARTS) is 1. The van der Waals surface area contributed by atoms with Crippen LogP contribution in [0.15, 0.2) is 65.7 Å². The number of carbonyl (C=O) groups is 4. The van der Waals surface area contributed by atoms with Crippen molar-refractivity contribution in [1.29, 1.82) is 0 Å². The number of hydrogen-bond donors (Lipinski definition) is 3. The molecular formula is C25H23N3O6S. The molecule has 35 heavy (non-hydrogen) atoms. The molecule has 9 nitrogen and oxygen atoms in total. The summed E-state index contributed by atoms with van der Waals surface area (Å²) < 4.78 is 5.06. The number of benzene rings is 2.